The van der Waals surface area contributed by atoms with Crippen LogP contribution in [0.2, 0.25) is 0 Å². The lowest BCUT2D eigenvalue weighted by molar-refractivity contribution is -0.137. The lowest BCUT2D eigenvalue weighted by atomic mass is 10.1. The number of allylic oxidation sites excluding steroid dienone is 4. The summed E-state index contributed by atoms with van der Waals surface area (Å²) in [5.74, 6) is -0.693. The Labute approximate surface area is 112 Å². The summed E-state index contributed by atoms with van der Waals surface area (Å²) in [7, 11) is 0. The third-order valence-electron chi connectivity index (χ3n) is 2.87. The SMILES string of the molecule is CCCCCCCC=CC=CCCCCC(=O)O. The molecule has 0 saturated heterocycles. The van der Waals surface area contributed by atoms with Gasteiger partial charge in [0.05, 0.1) is 0 Å². The van der Waals surface area contributed by atoms with Gasteiger partial charge in [0.2, 0.25) is 0 Å². The molecule has 0 saturated carbocycles. The van der Waals surface area contributed by atoms with Crippen LogP contribution in [0.15, 0.2) is 24.3 Å². The van der Waals surface area contributed by atoms with Crippen LogP contribution in [0, 0.1) is 0 Å². The van der Waals surface area contributed by atoms with E-state index in [0.29, 0.717) is 6.42 Å². The maximum absolute atomic E-state index is 10.3. The molecule has 0 amide bonds. The van der Waals surface area contributed by atoms with Crippen LogP contribution in [0.3, 0.4) is 0 Å². The molecular weight excluding hydrogens is 224 g/mol. The number of carboxylic acids is 1. The highest BCUT2D eigenvalue weighted by Crippen LogP contribution is 2.05. The van der Waals surface area contributed by atoms with Crippen molar-refractivity contribution in [1.82, 2.24) is 0 Å². The van der Waals surface area contributed by atoms with Crippen molar-refractivity contribution in [2.45, 2.75) is 71.1 Å². The number of rotatable bonds is 12. The highest BCUT2D eigenvalue weighted by atomic mass is 16.4. The topological polar surface area (TPSA) is 37.3 Å². The molecule has 2 heteroatoms. The lowest BCUT2D eigenvalue weighted by Gasteiger charge is -1.95. The maximum atomic E-state index is 10.3. The van der Waals surface area contributed by atoms with Crippen LogP contribution >= 0.6 is 0 Å². The molecule has 0 aliphatic carbocycles. The van der Waals surface area contributed by atoms with E-state index >= 15 is 0 Å². The highest BCUT2D eigenvalue weighted by molar-refractivity contribution is 5.66. The van der Waals surface area contributed by atoms with E-state index in [-0.39, 0.29) is 0 Å². The van der Waals surface area contributed by atoms with Crippen LogP contribution in [-0.4, -0.2) is 11.1 Å². The van der Waals surface area contributed by atoms with Gasteiger partial charge >= 0.3 is 5.97 Å². The first kappa shape index (κ1) is 16.9. The second kappa shape index (κ2) is 14.0. The van der Waals surface area contributed by atoms with Crippen molar-refractivity contribution in [3.8, 4) is 0 Å². The van der Waals surface area contributed by atoms with Gasteiger partial charge in [-0.3, -0.25) is 4.79 Å². The zero-order chi connectivity index (χ0) is 13.5. The average Bonchev–Trinajstić information content (AvgIpc) is 2.34. The first-order valence-electron chi connectivity index (χ1n) is 7.30. The Morgan fingerprint density at radius 2 is 1.44 bits per heavy atom. The molecular formula is C16H28O2. The normalized spacial score (nSPS) is 11.6. The molecule has 0 aromatic carbocycles. The molecule has 0 aromatic rings. The van der Waals surface area contributed by atoms with Gasteiger partial charge in [0.25, 0.3) is 0 Å². The summed E-state index contributed by atoms with van der Waals surface area (Å²) in [6.07, 6.45) is 19.4. The van der Waals surface area contributed by atoms with E-state index in [1.54, 1.807) is 0 Å². The molecule has 0 spiro atoms. The van der Waals surface area contributed by atoms with Crippen LogP contribution in [0.5, 0.6) is 0 Å². The monoisotopic (exact) mass is 252 g/mol. The van der Waals surface area contributed by atoms with Gasteiger partial charge in [0, 0.05) is 6.42 Å². The fraction of sp³-hybridized carbons (Fsp3) is 0.688. The molecule has 18 heavy (non-hydrogen) atoms. The Kier molecular flexibility index (Phi) is 13.2. The van der Waals surface area contributed by atoms with Gasteiger partial charge in [-0.25, -0.2) is 0 Å². The second-order valence-corrected chi connectivity index (χ2v) is 4.70. The molecule has 0 bridgehead atoms. The quantitative estimate of drug-likeness (QED) is 0.387. The van der Waals surface area contributed by atoms with Crippen molar-refractivity contribution in [2.24, 2.45) is 0 Å². The molecule has 0 rings (SSSR count). The molecule has 104 valence electrons. The molecule has 0 atom stereocenters. The third-order valence-corrected chi connectivity index (χ3v) is 2.87. The van der Waals surface area contributed by atoms with Gasteiger partial charge in [0.1, 0.15) is 0 Å². The second-order valence-electron chi connectivity index (χ2n) is 4.70. The number of aliphatic carboxylic acids is 1. The summed E-state index contributed by atoms with van der Waals surface area (Å²) in [4.78, 5) is 10.3. The molecule has 0 radical (unpaired) electrons. The van der Waals surface area contributed by atoms with Gasteiger partial charge in [0.15, 0.2) is 0 Å². The minimum atomic E-state index is -0.693. The van der Waals surface area contributed by atoms with Gasteiger partial charge in [-0.05, 0) is 32.1 Å². The molecule has 2 nitrogen and oxygen atoms in total. The fourth-order valence-electron chi connectivity index (χ4n) is 1.75. The fourth-order valence-corrected chi connectivity index (χ4v) is 1.75. The Balaban J connectivity index is 3.22. The first-order chi connectivity index (χ1) is 8.77. The van der Waals surface area contributed by atoms with E-state index in [9.17, 15) is 4.79 Å². The summed E-state index contributed by atoms with van der Waals surface area (Å²) in [5, 5.41) is 8.46. The van der Waals surface area contributed by atoms with Crippen LogP contribution in [-0.2, 0) is 4.79 Å². The Hall–Kier alpha value is -1.05. The highest BCUT2D eigenvalue weighted by Gasteiger charge is 1.93. The van der Waals surface area contributed by atoms with Gasteiger partial charge in [-0.2, -0.15) is 0 Å². The van der Waals surface area contributed by atoms with Gasteiger partial charge < -0.3 is 5.11 Å². The van der Waals surface area contributed by atoms with E-state index in [2.05, 4.69) is 31.2 Å². The summed E-state index contributed by atoms with van der Waals surface area (Å²) in [5.41, 5.74) is 0. The number of carbonyl (C=O) groups is 1. The lowest BCUT2D eigenvalue weighted by Crippen LogP contribution is -1.92. The average molecular weight is 252 g/mol. The van der Waals surface area contributed by atoms with E-state index in [1.807, 2.05) is 0 Å². The third kappa shape index (κ3) is 14.9. The molecule has 0 aromatic heterocycles. The minimum absolute atomic E-state index is 0.293. The van der Waals surface area contributed by atoms with Crippen molar-refractivity contribution in [2.75, 3.05) is 0 Å². The Morgan fingerprint density at radius 3 is 2.00 bits per heavy atom. The van der Waals surface area contributed by atoms with E-state index in [1.165, 1.54) is 38.5 Å². The Morgan fingerprint density at radius 1 is 0.889 bits per heavy atom. The van der Waals surface area contributed by atoms with E-state index in [0.717, 1.165) is 19.3 Å². The summed E-state index contributed by atoms with van der Waals surface area (Å²) in [6.45, 7) is 2.24. The molecule has 1 N–H and O–H groups in total. The van der Waals surface area contributed by atoms with Crippen LogP contribution in [0.4, 0.5) is 0 Å². The van der Waals surface area contributed by atoms with Crippen LogP contribution in [0.1, 0.15) is 71.1 Å². The van der Waals surface area contributed by atoms with E-state index < -0.39 is 5.97 Å². The van der Waals surface area contributed by atoms with Crippen LogP contribution in [0.25, 0.3) is 0 Å². The summed E-state index contributed by atoms with van der Waals surface area (Å²) < 4.78 is 0. The van der Waals surface area contributed by atoms with Gasteiger partial charge in [-0.15, -0.1) is 0 Å². The number of carboxylic acid groups (broad SMARTS) is 1. The zero-order valence-electron chi connectivity index (χ0n) is 11.7. The Bertz CT molecular complexity index is 241. The predicted octanol–water partition coefficient (Wildman–Crippen LogP) is 5.10. The van der Waals surface area contributed by atoms with Crippen molar-refractivity contribution in [1.29, 1.82) is 0 Å². The van der Waals surface area contributed by atoms with Gasteiger partial charge in [-0.1, -0.05) is 56.9 Å². The molecule has 0 aliphatic heterocycles. The number of hydrogen-bond donors (Lipinski definition) is 1. The van der Waals surface area contributed by atoms with Crippen molar-refractivity contribution in [3.05, 3.63) is 24.3 Å². The largest absolute Gasteiger partial charge is 0.481 e. The molecule has 0 heterocycles. The summed E-state index contributed by atoms with van der Waals surface area (Å²) in [6, 6.07) is 0. The predicted molar refractivity (Wildman–Crippen MR) is 77.8 cm³/mol. The standard InChI is InChI=1S/C16H28O2/c1-2-3-4-5-6-7-8-9-10-11-12-13-14-15-16(17)18/h8-11H,2-7,12-15H2,1H3,(H,17,18). The van der Waals surface area contributed by atoms with Crippen molar-refractivity contribution < 1.29 is 9.90 Å². The number of unbranched alkanes of at least 4 members (excludes halogenated alkanes) is 7. The maximum Gasteiger partial charge on any atom is 0.303 e. The molecule has 0 aliphatic rings. The smallest absolute Gasteiger partial charge is 0.303 e. The van der Waals surface area contributed by atoms with Crippen molar-refractivity contribution >= 4 is 5.97 Å². The van der Waals surface area contributed by atoms with Crippen molar-refractivity contribution in [3.63, 3.8) is 0 Å². The molecule has 0 unspecified atom stereocenters. The summed E-state index contributed by atoms with van der Waals surface area (Å²) >= 11 is 0. The minimum Gasteiger partial charge on any atom is -0.481 e. The number of hydrogen-bond acceptors (Lipinski definition) is 1. The van der Waals surface area contributed by atoms with Crippen LogP contribution < -0.4 is 0 Å². The van der Waals surface area contributed by atoms with E-state index in [4.69, 9.17) is 5.11 Å². The molecule has 0 fully saturated rings. The first-order valence-corrected chi connectivity index (χ1v) is 7.30. The zero-order valence-corrected chi connectivity index (χ0v) is 11.7.